The van der Waals surface area contributed by atoms with E-state index in [0.29, 0.717) is 18.2 Å². The zero-order valence-electron chi connectivity index (χ0n) is 10.2. The number of nitrogens with zero attached hydrogens (tertiary/aromatic N) is 2. The predicted molar refractivity (Wildman–Crippen MR) is 61.1 cm³/mol. The van der Waals surface area contributed by atoms with Crippen LogP contribution in [0.1, 0.15) is 15.9 Å². The van der Waals surface area contributed by atoms with Crippen molar-refractivity contribution in [1.82, 2.24) is 9.78 Å². The maximum atomic E-state index is 13.5. The second kappa shape index (κ2) is 4.95. The number of hydrogen-bond donors (Lipinski definition) is 1. The van der Waals surface area contributed by atoms with Gasteiger partial charge in [0.2, 0.25) is 0 Å². The van der Waals surface area contributed by atoms with E-state index in [9.17, 15) is 22.4 Å². The topological polar surface area (TPSA) is 50.1 Å². The Hall–Kier alpha value is -2.38. The zero-order valence-corrected chi connectivity index (χ0v) is 10.2. The van der Waals surface area contributed by atoms with E-state index < -0.39 is 29.0 Å². The summed E-state index contributed by atoms with van der Waals surface area (Å²) in [6.07, 6.45) is -3.10. The number of carbonyl (C=O) groups is 1. The van der Waals surface area contributed by atoms with Crippen molar-refractivity contribution in [3.63, 3.8) is 0 Å². The maximum Gasteiger partial charge on any atom is 0.416 e. The predicted octanol–water partition coefficient (Wildman–Crippen LogP) is 2.25. The van der Waals surface area contributed by atoms with Crippen molar-refractivity contribution < 1.29 is 22.4 Å². The number of rotatable bonds is 1. The lowest BCUT2D eigenvalue weighted by molar-refractivity contribution is -0.137. The number of benzene rings is 1. The molecule has 8 heteroatoms. The molecule has 0 aliphatic heterocycles. The average molecular weight is 287 g/mol. The molecule has 4 nitrogen and oxygen atoms in total. The van der Waals surface area contributed by atoms with Gasteiger partial charge in [0.05, 0.1) is 11.1 Å². The van der Waals surface area contributed by atoms with Gasteiger partial charge in [0, 0.05) is 19.3 Å². The van der Waals surface area contributed by atoms with Crippen molar-refractivity contribution >= 4 is 5.91 Å². The second-order valence-electron chi connectivity index (χ2n) is 4.03. The quantitative estimate of drug-likeness (QED) is 0.804. The fourth-order valence-corrected chi connectivity index (χ4v) is 1.54. The molecule has 0 saturated carbocycles. The smallest absolute Gasteiger partial charge is 0.297 e. The first-order chi connectivity index (χ1) is 9.27. The molecule has 0 aliphatic rings. The molecule has 20 heavy (non-hydrogen) atoms. The van der Waals surface area contributed by atoms with Crippen LogP contribution in [0, 0.1) is 5.82 Å². The van der Waals surface area contributed by atoms with Gasteiger partial charge in [-0.25, -0.2) is 4.39 Å². The van der Waals surface area contributed by atoms with Crippen LogP contribution in [0.15, 0.2) is 35.5 Å². The minimum absolute atomic E-state index is 0.120. The third kappa shape index (κ3) is 2.95. The average Bonchev–Trinajstić information content (AvgIpc) is 2.73. The molecule has 1 aromatic heterocycles. The van der Waals surface area contributed by atoms with Crippen LogP contribution >= 0.6 is 0 Å². The van der Waals surface area contributed by atoms with Crippen molar-refractivity contribution in [3.05, 3.63) is 52.9 Å². The van der Waals surface area contributed by atoms with Gasteiger partial charge in [0.15, 0.2) is 0 Å². The molecule has 1 aromatic carbocycles. The summed E-state index contributed by atoms with van der Waals surface area (Å²) in [4.78, 5) is 15.2. The Kier molecular flexibility index (Phi) is 3.47. The summed E-state index contributed by atoms with van der Waals surface area (Å²) >= 11 is 0. The van der Waals surface area contributed by atoms with Crippen LogP contribution in [0.5, 0.6) is 0 Å². The molecular formula is C12H9F4N3O. The molecule has 0 spiro atoms. The van der Waals surface area contributed by atoms with Crippen LogP contribution < -0.4 is 5.49 Å². The van der Waals surface area contributed by atoms with Crippen molar-refractivity contribution in [3.8, 4) is 0 Å². The van der Waals surface area contributed by atoms with E-state index in [2.05, 4.69) is 10.1 Å². The summed E-state index contributed by atoms with van der Waals surface area (Å²) in [5, 5.41) is 2.63. The van der Waals surface area contributed by atoms with Crippen molar-refractivity contribution in [2.75, 3.05) is 0 Å². The van der Waals surface area contributed by atoms with E-state index in [0.717, 1.165) is 0 Å². The number of aromatic nitrogens is 2. The lowest BCUT2D eigenvalue weighted by Gasteiger charge is -2.07. The SMILES string of the molecule is Cn1ccc(=NC(=O)c2cc(C(F)(F)F)ccc2F)[nH]1. The Labute approximate surface area is 110 Å². The number of amides is 1. The van der Waals surface area contributed by atoms with Crippen LogP contribution in [-0.4, -0.2) is 15.7 Å². The number of halogens is 4. The molecule has 1 heterocycles. The highest BCUT2D eigenvalue weighted by atomic mass is 19.4. The number of nitrogens with one attached hydrogen (secondary N) is 1. The fourth-order valence-electron chi connectivity index (χ4n) is 1.54. The van der Waals surface area contributed by atoms with Crippen LogP contribution in [0.2, 0.25) is 0 Å². The van der Waals surface area contributed by atoms with E-state index in [4.69, 9.17) is 0 Å². The molecule has 1 amide bonds. The normalized spacial score (nSPS) is 12.8. The van der Waals surface area contributed by atoms with Crippen LogP contribution in [0.4, 0.5) is 17.6 Å². The van der Waals surface area contributed by atoms with Gasteiger partial charge >= 0.3 is 6.18 Å². The standard InChI is InChI=1S/C12H9F4N3O/c1-19-5-4-10(18-19)17-11(20)8-6-7(12(14,15)16)2-3-9(8)13/h2-6H,1H3,(H,17,18,20). The first-order valence-electron chi connectivity index (χ1n) is 5.45. The van der Waals surface area contributed by atoms with Crippen molar-refractivity contribution in [2.24, 2.45) is 12.0 Å². The summed E-state index contributed by atoms with van der Waals surface area (Å²) in [6.45, 7) is 0. The molecule has 106 valence electrons. The van der Waals surface area contributed by atoms with Gasteiger partial charge in [-0.15, -0.1) is 0 Å². The number of aromatic amines is 1. The molecular weight excluding hydrogens is 278 g/mol. The highest BCUT2D eigenvalue weighted by Gasteiger charge is 2.31. The first kappa shape index (κ1) is 14.0. The van der Waals surface area contributed by atoms with Crippen LogP contribution in [0.25, 0.3) is 0 Å². The first-order valence-corrected chi connectivity index (χ1v) is 5.45. The Balaban J connectivity index is 2.45. The monoisotopic (exact) mass is 287 g/mol. The summed E-state index contributed by atoms with van der Waals surface area (Å²) in [6, 6.07) is 3.05. The molecule has 0 fully saturated rings. The van der Waals surface area contributed by atoms with E-state index >= 15 is 0 Å². The number of alkyl halides is 3. The van der Waals surface area contributed by atoms with E-state index in [-0.39, 0.29) is 5.49 Å². The number of H-pyrrole nitrogens is 1. The van der Waals surface area contributed by atoms with E-state index in [1.165, 1.54) is 10.7 Å². The van der Waals surface area contributed by atoms with Gasteiger partial charge in [-0.1, -0.05) is 0 Å². The Morgan fingerprint density at radius 3 is 2.55 bits per heavy atom. The van der Waals surface area contributed by atoms with Crippen LogP contribution in [-0.2, 0) is 13.2 Å². The van der Waals surface area contributed by atoms with E-state index in [1.807, 2.05) is 0 Å². The summed E-state index contributed by atoms with van der Waals surface area (Å²) in [5.41, 5.74) is -1.71. The lowest BCUT2D eigenvalue weighted by atomic mass is 10.1. The maximum absolute atomic E-state index is 13.5. The minimum atomic E-state index is -4.65. The molecule has 0 unspecified atom stereocenters. The summed E-state index contributed by atoms with van der Waals surface area (Å²) in [7, 11) is 1.63. The van der Waals surface area contributed by atoms with Crippen LogP contribution in [0.3, 0.4) is 0 Å². The number of carbonyl (C=O) groups excluding carboxylic acids is 1. The van der Waals surface area contributed by atoms with E-state index in [1.54, 1.807) is 13.2 Å². The Bertz CT molecular complexity index is 712. The Morgan fingerprint density at radius 2 is 2.00 bits per heavy atom. The molecule has 0 bridgehead atoms. The third-order valence-corrected chi connectivity index (χ3v) is 2.49. The number of hydrogen-bond acceptors (Lipinski definition) is 1. The summed E-state index contributed by atoms with van der Waals surface area (Å²) < 4.78 is 52.5. The van der Waals surface area contributed by atoms with Gasteiger partial charge in [0.25, 0.3) is 5.91 Å². The molecule has 0 saturated heterocycles. The third-order valence-electron chi connectivity index (χ3n) is 2.49. The highest BCUT2D eigenvalue weighted by molar-refractivity contribution is 5.95. The largest absolute Gasteiger partial charge is 0.416 e. The summed E-state index contributed by atoms with van der Waals surface area (Å²) in [5.74, 6) is -2.14. The van der Waals surface area contributed by atoms with Crippen molar-refractivity contribution in [1.29, 1.82) is 0 Å². The molecule has 2 rings (SSSR count). The molecule has 1 N–H and O–H groups in total. The van der Waals surface area contributed by atoms with Gasteiger partial charge in [-0.05, 0) is 18.2 Å². The van der Waals surface area contributed by atoms with Gasteiger partial charge in [-0.2, -0.15) is 18.2 Å². The van der Waals surface area contributed by atoms with Gasteiger partial charge in [0.1, 0.15) is 11.3 Å². The number of aryl methyl sites for hydroxylation is 1. The Morgan fingerprint density at radius 1 is 1.30 bits per heavy atom. The lowest BCUT2D eigenvalue weighted by Crippen LogP contribution is -2.12. The second-order valence-corrected chi connectivity index (χ2v) is 4.03. The van der Waals surface area contributed by atoms with Crippen molar-refractivity contribution in [2.45, 2.75) is 6.18 Å². The molecule has 0 aliphatic carbocycles. The molecule has 0 radical (unpaired) electrons. The minimum Gasteiger partial charge on any atom is -0.297 e. The molecule has 2 aromatic rings. The van der Waals surface area contributed by atoms with Gasteiger partial charge < -0.3 is 0 Å². The molecule has 0 atom stereocenters. The zero-order chi connectivity index (χ0) is 14.9. The van der Waals surface area contributed by atoms with Gasteiger partial charge in [-0.3, -0.25) is 14.6 Å². The highest BCUT2D eigenvalue weighted by Crippen LogP contribution is 2.30. The fraction of sp³-hybridized carbons (Fsp3) is 0.167.